The average Bonchev–Trinajstić information content (AvgIpc) is 3.28. The molecule has 0 saturated carbocycles. The third-order valence-electron chi connectivity index (χ3n) is 6.73. The third-order valence-corrected chi connectivity index (χ3v) is 8.70. The summed E-state index contributed by atoms with van der Waals surface area (Å²) >= 11 is 0. The van der Waals surface area contributed by atoms with E-state index in [2.05, 4.69) is 15.1 Å². The maximum atomic E-state index is 13.2. The lowest BCUT2D eigenvalue weighted by molar-refractivity contribution is -0.138. The van der Waals surface area contributed by atoms with Crippen molar-refractivity contribution < 1.29 is 13.2 Å². The van der Waals surface area contributed by atoms with Crippen LogP contribution >= 0.6 is 0 Å². The first-order valence-corrected chi connectivity index (χ1v) is 12.6. The van der Waals surface area contributed by atoms with Crippen molar-refractivity contribution in [1.82, 2.24) is 33.7 Å². The molecule has 2 fully saturated rings. The number of hydrogen-bond acceptors (Lipinski definition) is 6. The fourth-order valence-electron chi connectivity index (χ4n) is 4.66. The summed E-state index contributed by atoms with van der Waals surface area (Å²) in [6.45, 7) is 8.24. The van der Waals surface area contributed by atoms with E-state index in [9.17, 15) is 13.2 Å². The van der Waals surface area contributed by atoms with Crippen molar-refractivity contribution in [3.05, 3.63) is 29.3 Å². The Bertz CT molecular complexity index is 1080. The minimum Gasteiger partial charge on any atom is -0.340 e. The van der Waals surface area contributed by atoms with Gasteiger partial charge in [-0.3, -0.25) is 19.1 Å². The van der Waals surface area contributed by atoms with Gasteiger partial charge in [-0.05, 0) is 26.7 Å². The molecule has 10 nitrogen and oxygen atoms in total. The van der Waals surface area contributed by atoms with Crippen LogP contribution in [0.15, 0.2) is 17.3 Å². The highest BCUT2D eigenvalue weighted by Gasteiger charge is 2.37. The quantitative estimate of drug-likeness (QED) is 0.641. The predicted octanol–water partition coefficient (Wildman–Crippen LogP) is 0.516. The van der Waals surface area contributed by atoms with Crippen molar-refractivity contribution >= 4 is 15.9 Å². The number of rotatable bonds is 5. The van der Waals surface area contributed by atoms with Gasteiger partial charge in [0.15, 0.2) is 0 Å². The standard InChI is InChI=1S/C21H33N7O3S/c1-16-19(13-24(3)23-16)14-26-8-10-27(11-9-26)21(29)18-6-5-7-28(15-18)32(30,31)20-12-22-25(4)17(20)2/h12-13,18H,5-11,14-15H2,1-4H3/t18-/m0/s1. The first kappa shape index (κ1) is 22.9. The van der Waals surface area contributed by atoms with Crippen LogP contribution in [0.5, 0.6) is 0 Å². The van der Waals surface area contributed by atoms with E-state index in [1.807, 2.05) is 29.7 Å². The Morgan fingerprint density at radius 2 is 1.84 bits per heavy atom. The molecule has 32 heavy (non-hydrogen) atoms. The maximum absolute atomic E-state index is 13.2. The van der Waals surface area contributed by atoms with Crippen LogP contribution in [-0.2, 0) is 35.5 Å². The lowest BCUT2D eigenvalue weighted by Crippen LogP contribution is -2.52. The molecule has 0 unspecified atom stereocenters. The number of amides is 1. The molecule has 0 bridgehead atoms. The van der Waals surface area contributed by atoms with Gasteiger partial charge in [-0.2, -0.15) is 14.5 Å². The largest absolute Gasteiger partial charge is 0.340 e. The van der Waals surface area contributed by atoms with E-state index in [1.165, 1.54) is 16.1 Å². The zero-order valence-electron chi connectivity index (χ0n) is 19.4. The van der Waals surface area contributed by atoms with E-state index in [0.717, 1.165) is 31.7 Å². The summed E-state index contributed by atoms with van der Waals surface area (Å²) in [7, 11) is 0.00391. The topological polar surface area (TPSA) is 96.6 Å². The van der Waals surface area contributed by atoms with Crippen LogP contribution in [0.4, 0.5) is 0 Å². The average molecular weight is 464 g/mol. The van der Waals surface area contributed by atoms with Gasteiger partial charge in [0.2, 0.25) is 15.9 Å². The lowest BCUT2D eigenvalue weighted by atomic mass is 9.97. The highest BCUT2D eigenvalue weighted by molar-refractivity contribution is 7.89. The van der Waals surface area contributed by atoms with Gasteiger partial charge < -0.3 is 4.90 Å². The van der Waals surface area contributed by atoms with Crippen molar-refractivity contribution in [2.45, 2.75) is 38.1 Å². The molecule has 2 aliphatic rings. The van der Waals surface area contributed by atoms with E-state index in [0.29, 0.717) is 31.7 Å². The number of piperidine rings is 1. The molecule has 176 valence electrons. The van der Waals surface area contributed by atoms with Crippen molar-refractivity contribution in [1.29, 1.82) is 0 Å². The van der Waals surface area contributed by atoms with Crippen molar-refractivity contribution in [3.63, 3.8) is 0 Å². The Morgan fingerprint density at radius 3 is 2.44 bits per heavy atom. The van der Waals surface area contributed by atoms with E-state index in [4.69, 9.17) is 0 Å². The number of sulfonamides is 1. The van der Waals surface area contributed by atoms with Crippen LogP contribution in [0, 0.1) is 19.8 Å². The smallest absolute Gasteiger partial charge is 0.246 e. The molecule has 0 spiro atoms. The Hall–Kier alpha value is -2.24. The molecule has 2 aromatic rings. The number of aromatic nitrogens is 4. The number of aryl methyl sites for hydroxylation is 3. The molecule has 2 aliphatic heterocycles. The van der Waals surface area contributed by atoms with Gasteiger partial charge >= 0.3 is 0 Å². The van der Waals surface area contributed by atoms with Gasteiger partial charge in [-0.1, -0.05) is 0 Å². The SMILES string of the molecule is Cc1nn(C)cc1CN1CCN(C(=O)[C@H]2CCCN(S(=O)(=O)c3cnn(C)c3C)C2)CC1. The Morgan fingerprint density at radius 1 is 1.12 bits per heavy atom. The monoisotopic (exact) mass is 463 g/mol. The van der Waals surface area contributed by atoms with Gasteiger partial charge in [0.05, 0.1) is 23.5 Å². The number of piperazine rings is 1. The van der Waals surface area contributed by atoms with Gasteiger partial charge in [-0.15, -0.1) is 0 Å². The summed E-state index contributed by atoms with van der Waals surface area (Å²) in [5, 5.41) is 8.48. The molecular formula is C21H33N7O3S. The summed E-state index contributed by atoms with van der Waals surface area (Å²) in [6, 6.07) is 0. The Labute approximate surface area is 189 Å². The van der Waals surface area contributed by atoms with Gasteiger partial charge in [-0.25, -0.2) is 8.42 Å². The minimum absolute atomic E-state index is 0.0741. The normalized spacial score (nSPS) is 21.2. The van der Waals surface area contributed by atoms with Crippen molar-refractivity contribution in [2.24, 2.45) is 20.0 Å². The first-order valence-electron chi connectivity index (χ1n) is 11.2. The molecule has 0 radical (unpaired) electrons. The van der Waals surface area contributed by atoms with Crippen LogP contribution in [-0.4, -0.2) is 87.3 Å². The van der Waals surface area contributed by atoms with E-state index in [-0.39, 0.29) is 23.3 Å². The second kappa shape index (κ2) is 8.95. The molecule has 0 N–H and O–H groups in total. The van der Waals surface area contributed by atoms with Gasteiger partial charge in [0.25, 0.3) is 0 Å². The summed E-state index contributed by atoms with van der Waals surface area (Å²) < 4.78 is 31.1. The molecule has 2 aromatic heterocycles. The highest BCUT2D eigenvalue weighted by Crippen LogP contribution is 2.27. The summed E-state index contributed by atoms with van der Waals surface area (Å²) in [5.74, 6) is -0.215. The van der Waals surface area contributed by atoms with Crippen molar-refractivity contribution in [2.75, 3.05) is 39.3 Å². The maximum Gasteiger partial charge on any atom is 0.246 e. The van der Waals surface area contributed by atoms with E-state index in [1.54, 1.807) is 18.7 Å². The van der Waals surface area contributed by atoms with Crippen LogP contribution in [0.1, 0.15) is 29.8 Å². The molecule has 1 atom stereocenters. The van der Waals surface area contributed by atoms with Crippen LogP contribution < -0.4 is 0 Å². The number of nitrogens with zero attached hydrogens (tertiary/aromatic N) is 7. The Balaban J connectivity index is 1.36. The molecule has 4 rings (SSSR count). The first-order chi connectivity index (χ1) is 15.2. The minimum atomic E-state index is -3.65. The van der Waals surface area contributed by atoms with Crippen LogP contribution in [0.25, 0.3) is 0 Å². The fraction of sp³-hybridized carbons (Fsp3) is 0.667. The van der Waals surface area contributed by atoms with E-state index < -0.39 is 10.0 Å². The molecule has 4 heterocycles. The summed E-state index contributed by atoms with van der Waals surface area (Å²) in [4.78, 5) is 17.7. The molecule has 1 amide bonds. The number of carbonyl (C=O) groups is 1. The summed E-state index contributed by atoms with van der Waals surface area (Å²) in [5.41, 5.74) is 2.86. The molecule has 2 saturated heterocycles. The van der Waals surface area contributed by atoms with Crippen molar-refractivity contribution in [3.8, 4) is 0 Å². The van der Waals surface area contributed by atoms with Crippen LogP contribution in [0.2, 0.25) is 0 Å². The number of hydrogen-bond donors (Lipinski definition) is 0. The Kier molecular flexibility index (Phi) is 6.42. The zero-order chi connectivity index (χ0) is 23.0. The number of carbonyl (C=O) groups excluding carboxylic acids is 1. The molecular weight excluding hydrogens is 430 g/mol. The fourth-order valence-corrected chi connectivity index (χ4v) is 6.37. The van der Waals surface area contributed by atoms with Gasteiger partial charge in [0, 0.05) is 71.7 Å². The van der Waals surface area contributed by atoms with E-state index >= 15 is 0 Å². The third kappa shape index (κ3) is 4.46. The zero-order valence-corrected chi connectivity index (χ0v) is 20.2. The second-order valence-corrected chi connectivity index (χ2v) is 10.8. The molecule has 0 aliphatic carbocycles. The lowest BCUT2D eigenvalue weighted by Gasteiger charge is -2.38. The van der Waals surface area contributed by atoms with Crippen LogP contribution in [0.3, 0.4) is 0 Å². The second-order valence-electron chi connectivity index (χ2n) is 8.93. The van der Waals surface area contributed by atoms with Gasteiger partial charge in [0.1, 0.15) is 4.90 Å². The summed E-state index contributed by atoms with van der Waals surface area (Å²) in [6.07, 6.45) is 4.87. The molecule has 0 aromatic carbocycles. The predicted molar refractivity (Wildman–Crippen MR) is 119 cm³/mol. The molecule has 11 heteroatoms. The highest BCUT2D eigenvalue weighted by atomic mass is 32.2.